The molecule has 3 nitrogen and oxygen atoms in total. The van der Waals surface area contributed by atoms with Crippen LogP contribution in [0.4, 0.5) is 0 Å². The van der Waals surface area contributed by atoms with E-state index in [4.69, 9.17) is 11.8 Å². The molecule has 0 radical (unpaired) electrons. The molecule has 2 aromatic heterocycles. The summed E-state index contributed by atoms with van der Waals surface area (Å²) in [5, 5.41) is 4.45. The van der Waals surface area contributed by atoms with Crippen LogP contribution in [0, 0.1) is 0 Å². The quantitative estimate of drug-likeness (QED) is 0.183. The van der Waals surface area contributed by atoms with Crippen LogP contribution in [-0.2, 0) is 0 Å². The second-order valence-corrected chi connectivity index (χ2v) is 11.5. The van der Waals surface area contributed by atoms with E-state index in [1.807, 2.05) is 65.5 Å². The highest BCUT2D eigenvalue weighted by atomic mass is 15.1. The molecule has 0 fully saturated rings. The van der Waals surface area contributed by atoms with Gasteiger partial charge in [0.25, 0.3) is 0 Å². The number of fused-ring (bicyclic) bond motifs is 3. The average molecular weight is 605 g/mol. The van der Waals surface area contributed by atoms with Gasteiger partial charge in [-0.15, -0.1) is 0 Å². The number of aromatic nitrogens is 3. The summed E-state index contributed by atoms with van der Waals surface area (Å²) in [6.45, 7) is 0. The lowest BCUT2D eigenvalue weighted by Crippen LogP contribution is -1.98. The molecule has 0 bridgehead atoms. The Kier molecular flexibility index (Phi) is 5.32. The fourth-order valence-electron chi connectivity index (χ4n) is 6.77. The zero-order valence-electron chi connectivity index (χ0n) is 30.2. The van der Waals surface area contributed by atoms with Gasteiger partial charge in [0.1, 0.15) is 5.82 Å². The van der Waals surface area contributed by atoms with E-state index >= 15 is 0 Å². The molecule has 0 spiro atoms. The summed E-state index contributed by atoms with van der Waals surface area (Å²) >= 11 is 0. The zero-order valence-corrected chi connectivity index (χ0v) is 25.2. The Balaban J connectivity index is 1.30. The molecule has 7 aromatic carbocycles. The normalized spacial score (nSPS) is 12.9. The van der Waals surface area contributed by atoms with E-state index in [0.717, 1.165) is 66.1 Å². The minimum absolute atomic E-state index is 0.0573. The van der Waals surface area contributed by atoms with E-state index in [-0.39, 0.29) is 23.5 Å². The van der Waals surface area contributed by atoms with Gasteiger partial charge in [0.15, 0.2) is 0 Å². The van der Waals surface area contributed by atoms with Crippen molar-refractivity contribution in [3.05, 3.63) is 176 Å². The summed E-state index contributed by atoms with van der Waals surface area (Å²) in [5.41, 5.74) is 8.80. The third-order valence-corrected chi connectivity index (χ3v) is 8.77. The summed E-state index contributed by atoms with van der Waals surface area (Å²) in [6, 6.07) is 43.7. The van der Waals surface area contributed by atoms with Gasteiger partial charge < -0.3 is 0 Å². The number of pyridine rings is 1. The van der Waals surface area contributed by atoms with E-state index in [0.29, 0.717) is 5.52 Å². The van der Waals surface area contributed by atoms with Crippen molar-refractivity contribution < 1.29 is 6.85 Å². The Morgan fingerprint density at radius 3 is 1.72 bits per heavy atom. The van der Waals surface area contributed by atoms with Crippen molar-refractivity contribution in [3.63, 3.8) is 0 Å². The van der Waals surface area contributed by atoms with Gasteiger partial charge in [-0.05, 0) is 97.4 Å². The topological polar surface area (TPSA) is 30.7 Å². The highest BCUT2D eigenvalue weighted by molar-refractivity contribution is 6.21. The number of hydrogen-bond donors (Lipinski definition) is 0. The fraction of sp³-hybridized carbons (Fsp3) is 0. The van der Waals surface area contributed by atoms with Crippen LogP contribution >= 0.6 is 0 Å². The first-order chi connectivity index (χ1) is 25.4. The molecule has 47 heavy (non-hydrogen) atoms. The lowest BCUT2D eigenvalue weighted by atomic mass is 9.85. The molecule has 0 aliphatic rings. The van der Waals surface area contributed by atoms with Gasteiger partial charge in [-0.2, -0.15) is 0 Å². The van der Waals surface area contributed by atoms with Gasteiger partial charge in [-0.3, -0.25) is 9.55 Å². The van der Waals surface area contributed by atoms with Crippen LogP contribution in [0.25, 0.3) is 83.0 Å². The molecule has 9 rings (SSSR count). The standard InChI is InChI=1S/C44H29N3/c1-2-12-31(13-3-1)44-46-40-22-8-9-23-41(40)47(44)35-17-11-16-34(29-35)43-38-20-6-4-18-36(38)42(37-19-5-7-21-39(37)43)33-15-10-14-32(28-33)30-24-26-45-27-25-30/h1-29H/i1D,2D,3D,12D,13D. The largest absolute Gasteiger partial charge is 0.292 e. The second kappa shape index (κ2) is 11.2. The van der Waals surface area contributed by atoms with Crippen LogP contribution in [0.15, 0.2) is 176 Å². The molecule has 3 heteroatoms. The van der Waals surface area contributed by atoms with E-state index in [1.165, 1.54) is 0 Å². The van der Waals surface area contributed by atoms with Crippen LogP contribution < -0.4 is 0 Å². The third-order valence-electron chi connectivity index (χ3n) is 8.77. The van der Waals surface area contributed by atoms with Crippen LogP contribution in [0.2, 0.25) is 0 Å². The minimum atomic E-state index is -0.435. The maximum Gasteiger partial charge on any atom is 0.145 e. The van der Waals surface area contributed by atoms with Crippen molar-refractivity contribution in [1.82, 2.24) is 14.5 Å². The number of rotatable bonds is 5. The highest BCUT2D eigenvalue weighted by Crippen LogP contribution is 2.44. The predicted molar refractivity (Wildman–Crippen MR) is 196 cm³/mol. The van der Waals surface area contributed by atoms with Crippen molar-refractivity contribution in [2.75, 3.05) is 0 Å². The fourth-order valence-corrected chi connectivity index (χ4v) is 6.77. The molecule has 0 aliphatic heterocycles. The van der Waals surface area contributed by atoms with Crippen LogP contribution in [0.1, 0.15) is 6.85 Å². The summed E-state index contributed by atoms with van der Waals surface area (Å²) in [5.74, 6) is 0.287. The molecule has 0 atom stereocenters. The lowest BCUT2D eigenvalue weighted by molar-refractivity contribution is 1.10. The molecule has 2 heterocycles. The first kappa shape index (κ1) is 22.2. The number of nitrogens with zero attached hydrogens (tertiary/aromatic N) is 3. The molecule has 0 N–H and O–H groups in total. The average Bonchev–Trinajstić information content (AvgIpc) is 3.58. The summed E-state index contributed by atoms with van der Waals surface area (Å²) in [4.78, 5) is 9.06. The molecule has 0 aliphatic carbocycles. The van der Waals surface area contributed by atoms with Crippen LogP contribution in [0.3, 0.4) is 0 Å². The van der Waals surface area contributed by atoms with Gasteiger partial charge in [0.2, 0.25) is 0 Å². The number of benzene rings is 7. The monoisotopic (exact) mass is 604 g/mol. The maximum absolute atomic E-state index is 8.79. The van der Waals surface area contributed by atoms with E-state index < -0.39 is 18.1 Å². The Morgan fingerprint density at radius 1 is 0.468 bits per heavy atom. The molecular weight excluding hydrogens is 571 g/mol. The summed E-state index contributed by atoms with van der Waals surface area (Å²) < 4.78 is 44.4. The van der Waals surface area contributed by atoms with Gasteiger partial charge in [0.05, 0.1) is 17.9 Å². The lowest BCUT2D eigenvalue weighted by Gasteiger charge is -2.19. The summed E-state index contributed by atoms with van der Waals surface area (Å²) in [6.07, 6.45) is 3.63. The Labute approximate surface area is 280 Å². The predicted octanol–water partition coefficient (Wildman–Crippen LogP) is 11.4. The number of imidazole rings is 1. The Hall–Kier alpha value is -6.32. The first-order valence-electron chi connectivity index (χ1n) is 18.0. The third kappa shape index (κ3) is 4.60. The molecule has 9 aromatic rings. The Morgan fingerprint density at radius 2 is 1.04 bits per heavy atom. The van der Waals surface area contributed by atoms with E-state index in [2.05, 4.69) is 89.9 Å². The SMILES string of the molecule is [2H]c1c([2H])c([2H])c(-c2nc3ccccc3n2-c2cccc(-c3c4ccccc4c(-c4cccc(-c5ccncc5)c4)c4ccccc34)c2)c([2H])c1[2H]. The zero-order chi connectivity index (χ0) is 35.5. The van der Waals surface area contributed by atoms with Gasteiger partial charge >= 0.3 is 0 Å². The van der Waals surface area contributed by atoms with Crippen molar-refractivity contribution in [2.24, 2.45) is 0 Å². The van der Waals surface area contributed by atoms with Crippen molar-refractivity contribution in [2.45, 2.75) is 0 Å². The van der Waals surface area contributed by atoms with E-state index in [1.54, 1.807) is 0 Å². The first-order valence-corrected chi connectivity index (χ1v) is 15.5. The smallest absolute Gasteiger partial charge is 0.145 e. The van der Waals surface area contributed by atoms with Crippen molar-refractivity contribution in [3.8, 4) is 50.5 Å². The van der Waals surface area contributed by atoms with Crippen molar-refractivity contribution >= 4 is 32.6 Å². The molecule has 0 amide bonds. The maximum atomic E-state index is 8.79. The number of hydrogen-bond acceptors (Lipinski definition) is 2. The molecule has 220 valence electrons. The second-order valence-electron chi connectivity index (χ2n) is 11.5. The minimum Gasteiger partial charge on any atom is -0.292 e. The molecule has 0 unspecified atom stereocenters. The van der Waals surface area contributed by atoms with Gasteiger partial charge in [-0.25, -0.2) is 4.98 Å². The number of para-hydroxylation sites is 2. The summed E-state index contributed by atoms with van der Waals surface area (Å²) in [7, 11) is 0. The van der Waals surface area contributed by atoms with E-state index in [9.17, 15) is 0 Å². The highest BCUT2D eigenvalue weighted by Gasteiger charge is 2.19. The molecule has 0 saturated carbocycles. The van der Waals surface area contributed by atoms with Crippen LogP contribution in [0.5, 0.6) is 0 Å². The molecule has 0 saturated heterocycles. The van der Waals surface area contributed by atoms with Crippen molar-refractivity contribution in [1.29, 1.82) is 0 Å². The Bertz CT molecular complexity index is 2780. The van der Waals surface area contributed by atoms with Crippen LogP contribution in [-0.4, -0.2) is 14.5 Å². The molecular formula is C44H29N3. The van der Waals surface area contributed by atoms with Gasteiger partial charge in [-0.1, -0.05) is 121 Å². The van der Waals surface area contributed by atoms with Gasteiger partial charge in [0, 0.05) is 23.6 Å².